The molecule has 4 heteroatoms. The maximum absolute atomic E-state index is 12.1. The molecule has 0 saturated carbocycles. The number of nitrogens with zero attached hydrogens (tertiary/aromatic N) is 1. The number of hydrogen-bond acceptors (Lipinski definition) is 2. The minimum atomic E-state index is -0.929. The topological polar surface area (TPSA) is 52.9 Å². The van der Waals surface area contributed by atoms with Gasteiger partial charge in [-0.2, -0.15) is 5.26 Å². The second-order valence-electron chi connectivity index (χ2n) is 4.18. The van der Waals surface area contributed by atoms with E-state index in [0.717, 1.165) is 5.56 Å². The molecule has 96 valence electrons. The zero-order valence-electron chi connectivity index (χ0n) is 10.7. The van der Waals surface area contributed by atoms with E-state index in [9.17, 15) is 4.79 Å². The van der Waals surface area contributed by atoms with Crippen molar-refractivity contribution in [3.63, 3.8) is 0 Å². The Bertz CT molecular complexity index is 461. The fraction of sp³-hybridized carbons (Fsp3) is 0.429. The molecular formula is C14H17ClN2O. The number of rotatable bonds is 5. The van der Waals surface area contributed by atoms with Crippen LogP contribution in [0.25, 0.3) is 0 Å². The lowest BCUT2D eigenvalue weighted by atomic mass is 9.83. The van der Waals surface area contributed by atoms with Crippen molar-refractivity contribution in [1.82, 2.24) is 5.32 Å². The van der Waals surface area contributed by atoms with E-state index in [-0.39, 0.29) is 5.91 Å². The lowest BCUT2D eigenvalue weighted by Gasteiger charge is -2.22. The van der Waals surface area contributed by atoms with Crippen molar-refractivity contribution in [2.75, 3.05) is 0 Å². The molecule has 0 aliphatic heterocycles. The van der Waals surface area contributed by atoms with E-state index >= 15 is 0 Å². The standard InChI is InChI=1S/C14H17ClN2O/c1-3-14(4-2,10-16)13(18)17-9-11-7-5-6-8-12(11)15/h5-8H,3-4,9H2,1-2H3,(H,17,18). The summed E-state index contributed by atoms with van der Waals surface area (Å²) in [5.74, 6) is -0.227. The van der Waals surface area contributed by atoms with Crippen molar-refractivity contribution in [1.29, 1.82) is 5.26 Å². The van der Waals surface area contributed by atoms with Gasteiger partial charge in [-0.3, -0.25) is 4.79 Å². The van der Waals surface area contributed by atoms with Crippen molar-refractivity contribution in [3.05, 3.63) is 34.9 Å². The van der Waals surface area contributed by atoms with E-state index in [0.29, 0.717) is 24.4 Å². The second kappa shape index (κ2) is 6.42. The normalized spacial score (nSPS) is 10.8. The molecule has 1 amide bonds. The molecule has 0 unspecified atom stereocenters. The molecule has 0 aliphatic rings. The lowest BCUT2D eigenvalue weighted by molar-refractivity contribution is -0.128. The molecule has 1 aromatic rings. The highest BCUT2D eigenvalue weighted by Crippen LogP contribution is 2.25. The van der Waals surface area contributed by atoms with Crippen LogP contribution in [0.4, 0.5) is 0 Å². The zero-order chi connectivity index (χ0) is 13.6. The van der Waals surface area contributed by atoms with Crippen LogP contribution in [-0.4, -0.2) is 5.91 Å². The predicted molar refractivity (Wildman–Crippen MR) is 71.9 cm³/mol. The molecule has 0 spiro atoms. The molecule has 18 heavy (non-hydrogen) atoms. The third-order valence-electron chi connectivity index (χ3n) is 3.25. The first kappa shape index (κ1) is 14.5. The van der Waals surface area contributed by atoms with Gasteiger partial charge in [0.05, 0.1) is 6.07 Å². The molecule has 0 aliphatic carbocycles. The van der Waals surface area contributed by atoms with Crippen molar-refractivity contribution in [2.24, 2.45) is 5.41 Å². The SMILES string of the molecule is CCC(C#N)(CC)C(=O)NCc1ccccc1Cl. The Balaban J connectivity index is 2.73. The van der Waals surface area contributed by atoms with Crippen LogP contribution >= 0.6 is 11.6 Å². The second-order valence-corrected chi connectivity index (χ2v) is 4.58. The molecule has 3 nitrogen and oxygen atoms in total. The van der Waals surface area contributed by atoms with Gasteiger partial charge < -0.3 is 5.32 Å². The van der Waals surface area contributed by atoms with Gasteiger partial charge >= 0.3 is 0 Å². The van der Waals surface area contributed by atoms with Crippen LogP contribution in [0.3, 0.4) is 0 Å². The van der Waals surface area contributed by atoms with Crippen LogP contribution in [0.2, 0.25) is 5.02 Å². The van der Waals surface area contributed by atoms with Gasteiger partial charge in [-0.05, 0) is 24.5 Å². The van der Waals surface area contributed by atoms with E-state index in [1.807, 2.05) is 32.0 Å². The molecule has 0 fully saturated rings. The maximum Gasteiger partial charge on any atom is 0.240 e. The Kier molecular flexibility index (Phi) is 5.18. The van der Waals surface area contributed by atoms with Crippen molar-refractivity contribution in [3.8, 4) is 6.07 Å². The minimum Gasteiger partial charge on any atom is -0.351 e. The number of carbonyl (C=O) groups excluding carboxylic acids is 1. The number of halogens is 1. The fourth-order valence-corrected chi connectivity index (χ4v) is 1.97. The average Bonchev–Trinajstić information content (AvgIpc) is 2.40. The predicted octanol–water partition coefficient (Wildman–Crippen LogP) is 3.29. The summed E-state index contributed by atoms with van der Waals surface area (Å²) < 4.78 is 0. The number of hydrogen-bond donors (Lipinski definition) is 1. The summed E-state index contributed by atoms with van der Waals surface area (Å²) in [6.45, 7) is 4.05. The number of benzene rings is 1. The molecule has 0 saturated heterocycles. The van der Waals surface area contributed by atoms with Crippen LogP contribution in [-0.2, 0) is 11.3 Å². The van der Waals surface area contributed by atoms with Crippen molar-refractivity contribution in [2.45, 2.75) is 33.2 Å². The van der Waals surface area contributed by atoms with Gasteiger partial charge in [0.25, 0.3) is 0 Å². The highest BCUT2D eigenvalue weighted by atomic mass is 35.5. The van der Waals surface area contributed by atoms with Gasteiger partial charge in [-0.25, -0.2) is 0 Å². The number of amides is 1. The largest absolute Gasteiger partial charge is 0.351 e. The molecule has 0 aromatic heterocycles. The van der Waals surface area contributed by atoms with Gasteiger partial charge in [-0.15, -0.1) is 0 Å². The van der Waals surface area contributed by atoms with E-state index < -0.39 is 5.41 Å². The van der Waals surface area contributed by atoms with Crippen LogP contribution in [0.1, 0.15) is 32.3 Å². The van der Waals surface area contributed by atoms with E-state index in [1.165, 1.54) is 0 Å². The summed E-state index contributed by atoms with van der Waals surface area (Å²) in [7, 11) is 0. The highest BCUT2D eigenvalue weighted by molar-refractivity contribution is 6.31. The third kappa shape index (κ3) is 3.02. The number of carbonyl (C=O) groups is 1. The summed E-state index contributed by atoms with van der Waals surface area (Å²) in [5, 5.41) is 12.6. The summed E-state index contributed by atoms with van der Waals surface area (Å²) in [6.07, 6.45) is 1.02. The summed E-state index contributed by atoms with van der Waals surface area (Å²) >= 11 is 6.01. The fourth-order valence-electron chi connectivity index (χ4n) is 1.77. The third-order valence-corrected chi connectivity index (χ3v) is 3.62. The van der Waals surface area contributed by atoms with Gasteiger partial charge in [0.2, 0.25) is 5.91 Å². The van der Waals surface area contributed by atoms with E-state index in [1.54, 1.807) is 6.07 Å². The van der Waals surface area contributed by atoms with Crippen LogP contribution in [0.5, 0.6) is 0 Å². The Hall–Kier alpha value is -1.53. The number of nitriles is 1. The van der Waals surface area contributed by atoms with E-state index in [4.69, 9.17) is 16.9 Å². The smallest absolute Gasteiger partial charge is 0.240 e. The molecular weight excluding hydrogens is 248 g/mol. The summed E-state index contributed by atoms with van der Waals surface area (Å²) in [4.78, 5) is 12.1. The van der Waals surface area contributed by atoms with Gasteiger partial charge in [0.15, 0.2) is 0 Å². The van der Waals surface area contributed by atoms with Crippen LogP contribution < -0.4 is 5.32 Å². The van der Waals surface area contributed by atoms with E-state index in [2.05, 4.69) is 11.4 Å². The Morgan fingerprint density at radius 3 is 2.50 bits per heavy atom. The average molecular weight is 265 g/mol. The quantitative estimate of drug-likeness (QED) is 0.887. The maximum atomic E-state index is 12.1. The molecule has 1 N–H and O–H groups in total. The first-order valence-corrected chi connectivity index (χ1v) is 6.40. The zero-order valence-corrected chi connectivity index (χ0v) is 11.4. The van der Waals surface area contributed by atoms with Crippen LogP contribution in [0.15, 0.2) is 24.3 Å². The molecule has 0 atom stereocenters. The Morgan fingerprint density at radius 2 is 2.00 bits per heavy atom. The first-order valence-electron chi connectivity index (χ1n) is 6.02. The molecule has 1 rings (SSSR count). The minimum absolute atomic E-state index is 0.227. The summed E-state index contributed by atoms with van der Waals surface area (Å²) in [6, 6.07) is 9.46. The van der Waals surface area contributed by atoms with Crippen LogP contribution in [0, 0.1) is 16.7 Å². The summed E-state index contributed by atoms with van der Waals surface area (Å²) in [5.41, 5.74) is -0.0760. The van der Waals surface area contributed by atoms with Gasteiger partial charge in [-0.1, -0.05) is 43.6 Å². The molecule has 1 aromatic carbocycles. The molecule has 0 radical (unpaired) electrons. The number of nitrogens with one attached hydrogen (secondary N) is 1. The first-order chi connectivity index (χ1) is 8.59. The van der Waals surface area contributed by atoms with Crippen molar-refractivity contribution < 1.29 is 4.79 Å². The molecule has 0 heterocycles. The monoisotopic (exact) mass is 264 g/mol. The highest BCUT2D eigenvalue weighted by Gasteiger charge is 2.34. The Labute approximate surface area is 113 Å². The Morgan fingerprint density at radius 1 is 1.39 bits per heavy atom. The molecule has 0 bridgehead atoms. The lowest BCUT2D eigenvalue weighted by Crippen LogP contribution is -2.39. The van der Waals surface area contributed by atoms with Gasteiger partial charge in [0.1, 0.15) is 5.41 Å². The van der Waals surface area contributed by atoms with Crippen molar-refractivity contribution >= 4 is 17.5 Å². The van der Waals surface area contributed by atoms with Gasteiger partial charge in [0, 0.05) is 11.6 Å².